The van der Waals surface area contributed by atoms with E-state index in [0.717, 1.165) is 19.3 Å². The van der Waals surface area contributed by atoms with Gasteiger partial charge in [0.05, 0.1) is 12.2 Å². The molecule has 0 fully saturated rings. The molecule has 0 saturated carbocycles. The van der Waals surface area contributed by atoms with Crippen molar-refractivity contribution in [1.82, 2.24) is 0 Å². The van der Waals surface area contributed by atoms with Crippen LogP contribution in [0.1, 0.15) is 36.5 Å². The molecule has 1 atom stereocenters. The van der Waals surface area contributed by atoms with E-state index in [1.807, 2.05) is 0 Å². The first-order valence-corrected chi connectivity index (χ1v) is 6.69. The molecule has 0 amide bonds. The van der Waals surface area contributed by atoms with Crippen LogP contribution in [0.4, 0.5) is 0 Å². The molecule has 1 N–H and O–H groups in total. The van der Waals surface area contributed by atoms with Crippen LogP contribution in [-0.2, 0) is 0 Å². The zero-order valence-electron chi connectivity index (χ0n) is 10.6. The molecule has 1 aromatic carbocycles. The summed E-state index contributed by atoms with van der Waals surface area (Å²) >= 11 is 5.67. The number of carboxylic acid groups (broad SMARTS) is 1. The van der Waals surface area contributed by atoms with Gasteiger partial charge in [-0.05, 0) is 49.4 Å². The Labute approximate surface area is 113 Å². The van der Waals surface area contributed by atoms with Crippen LogP contribution >= 0.6 is 11.6 Å². The number of hydrogen-bond acceptors (Lipinski definition) is 2. The minimum absolute atomic E-state index is 0.276. The molecule has 0 heterocycles. The molecule has 4 heteroatoms. The molecule has 0 aliphatic heterocycles. The lowest BCUT2D eigenvalue weighted by Crippen LogP contribution is -2.02. The third kappa shape index (κ3) is 5.41. The molecule has 0 bridgehead atoms. The van der Waals surface area contributed by atoms with E-state index in [9.17, 15) is 4.79 Å². The SMILES string of the molecule is C[C@@H](CCCl)CCCOc1ccc(C(=O)O)cc1. The Balaban J connectivity index is 2.25. The molecular weight excluding hydrogens is 252 g/mol. The Morgan fingerprint density at radius 2 is 2.00 bits per heavy atom. The first kappa shape index (κ1) is 14.8. The van der Waals surface area contributed by atoms with E-state index in [1.54, 1.807) is 24.3 Å². The van der Waals surface area contributed by atoms with Gasteiger partial charge in [-0.3, -0.25) is 0 Å². The van der Waals surface area contributed by atoms with Crippen LogP contribution in [-0.4, -0.2) is 23.6 Å². The van der Waals surface area contributed by atoms with Crippen LogP contribution in [0.2, 0.25) is 0 Å². The van der Waals surface area contributed by atoms with E-state index in [2.05, 4.69) is 6.92 Å². The van der Waals surface area contributed by atoms with Crippen molar-refractivity contribution in [3.05, 3.63) is 29.8 Å². The average Bonchev–Trinajstić information content (AvgIpc) is 2.35. The van der Waals surface area contributed by atoms with E-state index in [-0.39, 0.29) is 5.56 Å². The number of benzene rings is 1. The van der Waals surface area contributed by atoms with Gasteiger partial charge < -0.3 is 9.84 Å². The molecule has 0 radical (unpaired) electrons. The van der Waals surface area contributed by atoms with Crippen molar-refractivity contribution in [3.8, 4) is 5.75 Å². The maximum Gasteiger partial charge on any atom is 0.335 e. The van der Waals surface area contributed by atoms with Crippen LogP contribution in [0.3, 0.4) is 0 Å². The van der Waals surface area contributed by atoms with Crippen molar-refractivity contribution in [2.75, 3.05) is 12.5 Å². The summed E-state index contributed by atoms with van der Waals surface area (Å²) in [7, 11) is 0. The highest BCUT2D eigenvalue weighted by molar-refractivity contribution is 6.17. The van der Waals surface area contributed by atoms with E-state index in [4.69, 9.17) is 21.4 Å². The number of rotatable bonds is 8. The molecule has 0 unspecified atom stereocenters. The Bertz CT molecular complexity index is 362. The quantitative estimate of drug-likeness (QED) is 0.577. The predicted octanol–water partition coefficient (Wildman–Crippen LogP) is 3.81. The molecule has 1 rings (SSSR count). The first-order valence-electron chi connectivity index (χ1n) is 6.15. The maximum atomic E-state index is 10.7. The van der Waals surface area contributed by atoms with Gasteiger partial charge in [-0.25, -0.2) is 4.79 Å². The molecule has 1 aromatic rings. The fraction of sp³-hybridized carbons (Fsp3) is 0.500. The summed E-state index contributed by atoms with van der Waals surface area (Å²) in [5.74, 6) is 1.13. The summed E-state index contributed by atoms with van der Waals surface area (Å²) in [5.41, 5.74) is 0.276. The van der Waals surface area contributed by atoms with Crippen LogP contribution in [0.25, 0.3) is 0 Å². The number of hydrogen-bond donors (Lipinski definition) is 1. The van der Waals surface area contributed by atoms with Gasteiger partial charge in [0.25, 0.3) is 0 Å². The van der Waals surface area contributed by atoms with Gasteiger partial charge in [-0.1, -0.05) is 6.92 Å². The zero-order valence-corrected chi connectivity index (χ0v) is 11.3. The van der Waals surface area contributed by atoms with Gasteiger partial charge in [0.1, 0.15) is 5.75 Å². The smallest absolute Gasteiger partial charge is 0.335 e. The number of alkyl halides is 1. The largest absolute Gasteiger partial charge is 0.494 e. The van der Waals surface area contributed by atoms with Crippen molar-refractivity contribution in [2.45, 2.75) is 26.2 Å². The maximum absolute atomic E-state index is 10.7. The number of carboxylic acids is 1. The number of ether oxygens (including phenoxy) is 1. The molecule has 0 saturated heterocycles. The standard InChI is InChI=1S/C14H19ClO3/c1-11(8-9-15)3-2-10-18-13-6-4-12(5-7-13)14(16)17/h4-7,11H,2-3,8-10H2,1H3,(H,16,17)/t11-/m1/s1. The van der Waals surface area contributed by atoms with Crippen LogP contribution < -0.4 is 4.74 Å². The number of carbonyl (C=O) groups is 1. The Kier molecular flexibility index (Phi) is 6.58. The molecular formula is C14H19ClO3. The van der Waals surface area contributed by atoms with Crippen LogP contribution in [0, 0.1) is 5.92 Å². The zero-order chi connectivity index (χ0) is 13.4. The molecule has 0 aliphatic rings. The highest BCUT2D eigenvalue weighted by Crippen LogP contribution is 2.14. The second-order valence-corrected chi connectivity index (χ2v) is 4.78. The lowest BCUT2D eigenvalue weighted by atomic mass is 10.0. The van der Waals surface area contributed by atoms with Gasteiger partial charge in [0.2, 0.25) is 0 Å². The first-order chi connectivity index (χ1) is 8.63. The summed E-state index contributed by atoms with van der Waals surface area (Å²) in [6.07, 6.45) is 3.12. The topological polar surface area (TPSA) is 46.5 Å². The molecule has 0 aromatic heterocycles. The Morgan fingerprint density at radius 1 is 1.33 bits per heavy atom. The number of aromatic carboxylic acids is 1. The van der Waals surface area contributed by atoms with Crippen LogP contribution in [0.5, 0.6) is 5.75 Å². The van der Waals surface area contributed by atoms with Crippen molar-refractivity contribution >= 4 is 17.6 Å². The van der Waals surface area contributed by atoms with Gasteiger partial charge >= 0.3 is 5.97 Å². The average molecular weight is 271 g/mol. The van der Waals surface area contributed by atoms with E-state index >= 15 is 0 Å². The molecule has 0 spiro atoms. The summed E-state index contributed by atoms with van der Waals surface area (Å²) in [6, 6.07) is 6.47. The third-order valence-electron chi connectivity index (χ3n) is 2.81. The van der Waals surface area contributed by atoms with Crippen molar-refractivity contribution in [2.24, 2.45) is 5.92 Å². The van der Waals surface area contributed by atoms with E-state index in [0.29, 0.717) is 24.2 Å². The van der Waals surface area contributed by atoms with Gasteiger partial charge in [-0.15, -0.1) is 11.6 Å². The molecule has 18 heavy (non-hydrogen) atoms. The monoisotopic (exact) mass is 270 g/mol. The molecule has 0 aliphatic carbocycles. The Hall–Kier alpha value is -1.22. The summed E-state index contributed by atoms with van der Waals surface area (Å²) < 4.78 is 5.54. The van der Waals surface area contributed by atoms with Crippen LogP contribution in [0.15, 0.2) is 24.3 Å². The summed E-state index contributed by atoms with van der Waals surface area (Å²) in [5, 5.41) is 8.75. The van der Waals surface area contributed by atoms with Crippen molar-refractivity contribution in [1.29, 1.82) is 0 Å². The second kappa shape index (κ2) is 7.98. The molecule has 3 nitrogen and oxygen atoms in total. The van der Waals surface area contributed by atoms with E-state index < -0.39 is 5.97 Å². The lowest BCUT2D eigenvalue weighted by molar-refractivity contribution is 0.0697. The number of halogens is 1. The van der Waals surface area contributed by atoms with Gasteiger partial charge in [0.15, 0.2) is 0 Å². The van der Waals surface area contributed by atoms with E-state index in [1.165, 1.54) is 0 Å². The van der Waals surface area contributed by atoms with Crippen molar-refractivity contribution in [3.63, 3.8) is 0 Å². The predicted molar refractivity (Wildman–Crippen MR) is 72.6 cm³/mol. The minimum Gasteiger partial charge on any atom is -0.494 e. The summed E-state index contributed by atoms with van der Waals surface area (Å²) in [6.45, 7) is 2.84. The van der Waals surface area contributed by atoms with Gasteiger partial charge in [-0.2, -0.15) is 0 Å². The second-order valence-electron chi connectivity index (χ2n) is 4.40. The summed E-state index contributed by atoms with van der Waals surface area (Å²) in [4.78, 5) is 10.7. The highest BCUT2D eigenvalue weighted by Gasteiger charge is 2.03. The normalized spacial score (nSPS) is 12.1. The Morgan fingerprint density at radius 3 is 2.56 bits per heavy atom. The van der Waals surface area contributed by atoms with Crippen molar-refractivity contribution < 1.29 is 14.6 Å². The highest BCUT2D eigenvalue weighted by atomic mass is 35.5. The van der Waals surface area contributed by atoms with Gasteiger partial charge in [0, 0.05) is 5.88 Å². The lowest BCUT2D eigenvalue weighted by Gasteiger charge is -2.10. The fourth-order valence-corrected chi connectivity index (χ4v) is 2.02. The molecule has 100 valence electrons. The fourth-order valence-electron chi connectivity index (χ4n) is 1.65. The minimum atomic E-state index is -0.920. The third-order valence-corrected chi connectivity index (χ3v) is 3.03.